The average molecular weight is 1070 g/mol. The van der Waals surface area contributed by atoms with Crippen molar-refractivity contribution in [3.05, 3.63) is 235 Å². The maximum Gasteiger partial charge on any atom is 0.264 e. The number of fused-ring (bicyclic) bond motifs is 12. The van der Waals surface area contributed by atoms with Crippen LogP contribution >= 0.6 is 11.3 Å². The van der Waals surface area contributed by atoms with E-state index >= 15 is 0 Å². The van der Waals surface area contributed by atoms with Crippen LogP contribution in [0.5, 0.6) is 0 Å². The van der Waals surface area contributed by atoms with Gasteiger partial charge in [0.1, 0.15) is 11.2 Å². The zero-order valence-corrected chi connectivity index (χ0v) is 48.3. The molecule has 15 rings (SSSR count). The number of rotatable bonds is 6. The molecule has 0 amide bonds. The number of para-hydroxylation sites is 5. The third-order valence-corrected chi connectivity index (χ3v) is 18.4. The van der Waals surface area contributed by atoms with E-state index in [0.29, 0.717) is 0 Å². The molecule has 13 aromatic rings. The summed E-state index contributed by atoms with van der Waals surface area (Å²) in [4.78, 5) is 7.70. The molecule has 0 unspecified atom stereocenters. The smallest absolute Gasteiger partial charge is 0.264 e. The average Bonchev–Trinajstić information content (AvgIpc) is 2.63. The molecule has 0 fully saturated rings. The van der Waals surface area contributed by atoms with Crippen LogP contribution in [0.25, 0.3) is 59.5 Å². The molecular formula is C74H63BN4OS. The van der Waals surface area contributed by atoms with Gasteiger partial charge in [-0.1, -0.05) is 184 Å². The molecule has 2 aliphatic heterocycles. The van der Waals surface area contributed by atoms with Crippen molar-refractivity contribution >= 4 is 139 Å². The number of aromatic nitrogens is 1. The van der Waals surface area contributed by atoms with Gasteiger partial charge in [0.25, 0.3) is 6.71 Å². The molecule has 0 bridgehead atoms. The molecule has 5 heterocycles. The predicted octanol–water partition coefficient (Wildman–Crippen LogP) is 19.3. The summed E-state index contributed by atoms with van der Waals surface area (Å²) in [6.07, 6.45) is 0. The van der Waals surface area contributed by atoms with Gasteiger partial charge in [0.15, 0.2) is 0 Å². The van der Waals surface area contributed by atoms with Crippen molar-refractivity contribution in [2.24, 2.45) is 0 Å². The molecule has 0 radical (unpaired) electrons. The Bertz CT molecular complexity index is 4550. The van der Waals surface area contributed by atoms with E-state index in [1.807, 2.05) is 11.3 Å². The number of benzene rings is 10. The molecule has 5 nitrogen and oxygen atoms in total. The molecule has 0 aliphatic carbocycles. The summed E-state index contributed by atoms with van der Waals surface area (Å²) in [5, 5.41) is 5.85. The summed E-state index contributed by atoms with van der Waals surface area (Å²) < 4.78 is 12.4. The highest BCUT2D eigenvalue weighted by Gasteiger charge is 2.48. The van der Waals surface area contributed by atoms with Crippen molar-refractivity contribution in [2.45, 2.75) is 78.6 Å². The van der Waals surface area contributed by atoms with E-state index in [1.54, 1.807) is 0 Å². The number of nitrogens with zero attached hydrogens (tertiary/aromatic N) is 4. The minimum absolute atomic E-state index is 0.0266. The van der Waals surface area contributed by atoms with E-state index in [-0.39, 0.29) is 23.0 Å². The molecule has 0 saturated heterocycles. The summed E-state index contributed by atoms with van der Waals surface area (Å²) in [6, 6.07) is 81.9. The van der Waals surface area contributed by atoms with Crippen molar-refractivity contribution in [2.75, 3.05) is 14.7 Å². The summed E-state index contributed by atoms with van der Waals surface area (Å²) in [6.45, 7) is 20.6. The Labute approximate surface area is 479 Å². The highest BCUT2D eigenvalue weighted by Crippen LogP contribution is 2.54. The minimum Gasteiger partial charge on any atom is -0.456 e. The standard InChI is InChI=1S/C74H63BN4OS/c1-72(2,3)46-32-37-51(38-33-46)77-61-43-53(76(49-22-12-10-13-23-49)50-24-14-11-15-25-50)44-62-67(61)75(71-68(77)57-42-48(74(7,8)9)36-41-65(57)81-71)58-45-64-66(56-28-18-21-31-63(56)80-64)70(69(58)78(62)52-39-34-47(35-40-52)73(4,5)6)79-59-29-19-16-26-54(59)55-27-17-20-30-60(55)79/h10-45H,1-9H3. The SMILES string of the molecule is CC(C)(C)c1ccc(N2c3cc(N(c4ccccc4)c4ccccc4)cc4c3B(c3cc5oc6ccccc6c5c(-n5c6ccccc6c6ccccc65)c32)c2sc3ccc(C(C)(C)C)cc3c2N4c2ccc(C(C)(C)C)cc2)cc1. The summed E-state index contributed by atoms with van der Waals surface area (Å²) in [5.41, 5.74) is 21.4. The maximum absolute atomic E-state index is 7.24. The Morgan fingerprint density at radius 2 is 0.889 bits per heavy atom. The maximum atomic E-state index is 7.24. The van der Waals surface area contributed by atoms with Crippen LogP contribution in [-0.2, 0) is 16.2 Å². The van der Waals surface area contributed by atoms with Crippen molar-refractivity contribution in [1.82, 2.24) is 4.57 Å². The van der Waals surface area contributed by atoms with E-state index in [4.69, 9.17) is 4.42 Å². The third kappa shape index (κ3) is 7.65. The highest BCUT2D eigenvalue weighted by molar-refractivity contribution is 7.33. The minimum atomic E-state index is -0.203. The monoisotopic (exact) mass is 1070 g/mol. The summed E-state index contributed by atoms with van der Waals surface area (Å²) >= 11 is 1.94. The summed E-state index contributed by atoms with van der Waals surface area (Å²) in [7, 11) is 0. The van der Waals surface area contributed by atoms with Gasteiger partial charge in [-0.25, -0.2) is 0 Å². The molecule has 81 heavy (non-hydrogen) atoms. The molecule has 3 aromatic heterocycles. The summed E-state index contributed by atoms with van der Waals surface area (Å²) in [5.74, 6) is 0. The van der Waals surface area contributed by atoms with Crippen LogP contribution in [0.15, 0.2) is 223 Å². The second kappa shape index (κ2) is 17.9. The van der Waals surface area contributed by atoms with Gasteiger partial charge in [-0.15, -0.1) is 11.3 Å². The van der Waals surface area contributed by atoms with Crippen LogP contribution in [0, 0.1) is 0 Å². The number of hydrogen-bond acceptors (Lipinski definition) is 5. The first-order valence-electron chi connectivity index (χ1n) is 28.5. The van der Waals surface area contributed by atoms with E-state index < -0.39 is 0 Å². The second-order valence-corrected chi connectivity index (χ2v) is 26.5. The Balaban J connectivity index is 1.17. The number of anilines is 9. The first-order valence-corrected chi connectivity index (χ1v) is 29.3. The lowest BCUT2D eigenvalue weighted by Crippen LogP contribution is -2.60. The van der Waals surface area contributed by atoms with Crippen LogP contribution < -0.4 is 30.4 Å². The van der Waals surface area contributed by atoms with Gasteiger partial charge in [0.2, 0.25) is 0 Å². The Morgan fingerprint density at radius 1 is 0.407 bits per heavy atom. The molecule has 0 saturated carbocycles. The van der Waals surface area contributed by atoms with Gasteiger partial charge in [0, 0.05) is 65.1 Å². The van der Waals surface area contributed by atoms with Crippen LogP contribution in [0.1, 0.15) is 79.0 Å². The van der Waals surface area contributed by atoms with Crippen molar-refractivity contribution in [1.29, 1.82) is 0 Å². The fraction of sp³-hybridized carbons (Fsp3) is 0.162. The lowest BCUT2D eigenvalue weighted by molar-refractivity contribution is 0.590. The van der Waals surface area contributed by atoms with Gasteiger partial charge >= 0.3 is 0 Å². The molecular weight excluding hydrogens is 1000 g/mol. The molecule has 0 N–H and O–H groups in total. The first-order chi connectivity index (χ1) is 39.1. The molecule has 0 spiro atoms. The normalized spacial score (nSPS) is 13.4. The fourth-order valence-electron chi connectivity index (χ4n) is 13.1. The zero-order valence-electron chi connectivity index (χ0n) is 47.5. The van der Waals surface area contributed by atoms with Crippen molar-refractivity contribution < 1.29 is 4.42 Å². The topological polar surface area (TPSA) is 27.8 Å². The van der Waals surface area contributed by atoms with E-state index in [1.165, 1.54) is 58.9 Å². The largest absolute Gasteiger partial charge is 0.456 e. The van der Waals surface area contributed by atoms with E-state index in [9.17, 15) is 0 Å². The molecule has 10 aromatic carbocycles. The van der Waals surface area contributed by atoms with Crippen LogP contribution in [0.4, 0.5) is 51.2 Å². The number of hydrogen-bond donors (Lipinski definition) is 0. The van der Waals surface area contributed by atoms with Crippen LogP contribution in [-0.4, -0.2) is 11.3 Å². The van der Waals surface area contributed by atoms with Gasteiger partial charge < -0.3 is 23.7 Å². The third-order valence-electron chi connectivity index (χ3n) is 17.2. The quantitative estimate of drug-likeness (QED) is 0.155. The number of furan rings is 1. The van der Waals surface area contributed by atoms with E-state index in [2.05, 4.69) is 300 Å². The molecule has 394 valence electrons. The van der Waals surface area contributed by atoms with Crippen LogP contribution in [0.3, 0.4) is 0 Å². The first kappa shape index (κ1) is 49.3. The lowest BCUT2D eigenvalue weighted by atomic mass is 9.36. The molecule has 0 atom stereocenters. The van der Waals surface area contributed by atoms with Gasteiger partial charge in [0.05, 0.1) is 39.2 Å². The van der Waals surface area contributed by atoms with Crippen molar-refractivity contribution in [3.8, 4) is 5.69 Å². The predicted molar refractivity (Wildman–Crippen MR) is 348 cm³/mol. The van der Waals surface area contributed by atoms with Crippen molar-refractivity contribution in [3.63, 3.8) is 0 Å². The fourth-order valence-corrected chi connectivity index (χ4v) is 14.4. The Kier molecular flexibility index (Phi) is 10.9. The molecule has 7 heteroatoms. The van der Waals surface area contributed by atoms with Crippen LogP contribution in [0.2, 0.25) is 0 Å². The van der Waals surface area contributed by atoms with Gasteiger partial charge in [-0.3, -0.25) is 0 Å². The highest BCUT2D eigenvalue weighted by atomic mass is 32.1. The lowest BCUT2D eigenvalue weighted by Gasteiger charge is -2.45. The second-order valence-electron chi connectivity index (χ2n) is 25.4. The zero-order chi connectivity index (χ0) is 55.3. The number of thiophene rings is 1. The molecule has 2 aliphatic rings. The van der Waals surface area contributed by atoms with Gasteiger partial charge in [-0.2, -0.15) is 0 Å². The Morgan fingerprint density at radius 3 is 1.43 bits per heavy atom. The Hall–Kier alpha value is -8.78. The van der Waals surface area contributed by atoms with Gasteiger partial charge in [-0.05, 0) is 141 Å². The van der Waals surface area contributed by atoms with E-state index in [0.717, 1.165) is 84.2 Å².